The van der Waals surface area contributed by atoms with E-state index in [2.05, 4.69) is 15.6 Å². The number of para-hydroxylation sites is 1. The van der Waals surface area contributed by atoms with E-state index in [4.69, 9.17) is 5.73 Å². The quantitative estimate of drug-likeness (QED) is 0.476. The number of carbonyl (C=O) groups excluding carboxylic acids is 2. The summed E-state index contributed by atoms with van der Waals surface area (Å²) >= 11 is 0. The Bertz CT molecular complexity index is 984. The number of fused-ring (bicyclic) bond motifs is 1. The molecule has 0 saturated carbocycles. The fourth-order valence-electron chi connectivity index (χ4n) is 3.00. The first-order chi connectivity index (χ1) is 13.4. The summed E-state index contributed by atoms with van der Waals surface area (Å²) in [4.78, 5) is 27.9. The SMILES string of the molecule is CC(C)CNC(=O)c1cccc(NC(=O)[C@@H](N)Cc2c[nH]c3ccccc23)c1.Cl. The molecule has 0 spiro atoms. The number of halogens is 1. The first-order valence-electron chi connectivity index (χ1n) is 9.43. The van der Waals surface area contributed by atoms with Crippen LogP contribution in [0.5, 0.6) is 0 Å². The van der Waals surface area contributed by atoms with Crippen molar-refractivity contribution in [1.82, 2.24) is 10.3 Å². The number of carbonyl (C=O) groups is 2. The van der Waals surface area contributed by atoms with E-state index in [0.29, 0.717) is 30.1 Å². The van der Waals surface area contributed by atoms with Crippen LogP contribution in [0.1, 0.15) is 29.8 Å². The molecule has 3 aromatic rings. The number of nitrogens with one attached hydrogen (secondary N) is 3. The van der Waals surface area contributed by atoms with E-state index >= 15 is 0 Å². The first-order valence-corrected chi connectivity index (χ1v) is 9.43. The van der Waals surface area contributed by atoms with Gasteiger partial charge in [-0.2, -0.15) is 0 Å². The van der Waals surface area contributed by atoms with E-state index in [-0.39, 0.29) is 24.2 Å². The third-order valence-corrected chi connectivity index (χ3v) is 4.51. The molecule has 2 amide bonds. The second-order valence-electron chi connectivity index (χ2n) is 7.34. The highest BCUT2D eigenvalue weighted by Gasteiger charge is 2.17. The van der Waals surface area contributed by atoms with Gasteiger partial charge < -0.3 is 21.4 Å². The molecule has 3 rings (SSSR count). The molecule has 0 fully saturated rings. The first kappa shape index (κ1) is 22.5. The fraction of sp³-hybridized carbons (Fsp3) is 0.273. The summed E-state index contributed by atoms with van der Waals surface area (Å²) in [6.45, 7) is 4.67. The molecular weight excluding hydrogens is 388 g/mol. The number of amides is 2. The third-order valence-electron chi connectivity index (χ3n) is 4.51. The van der Waals surface area contributed by atoms with Crippen molar-refractivity contribution in [2.24, 2.45) is 11.7 Å². The summed E-state index contributed by atoms with van der Waals surface area (Å²) in [5.41, 5.74) is 9.20. The van der Waals surface area contributed by atoms with E-state index in [0.717, 1.165) is 16.5 Å². The van der Waals surface area contributed by atoms with Crippen LogP contribution in [-0.2, 0) is 11.2 Å². The lowest BCUT2D eigenvalue weighted by Crippen LogP contribution is -2.37. The zero-order chi connectivity index (χ0) is 20.1. The van der Waals surface area contributed by atoms with Crippen molar-refractivity contribution in [3.8, 4) is 0 Å². The van der Waals surface area contributed by atoms with Crippen molar-refractivity contribution >= 4 is 40.8 Å². The van der Waals surface area contributed by atoms with E-state index in [1.54, 1.807) is 24.3 Å². The lowest BCUT2D eigenvalue weighted by atomic mass is 10.0. The van der Waals surface area contributed by atoms with Gasteiger partial charge in [-0.05, 0) is 42.2 Å². The Morgan fingerprint density at radius 1 is 1.10 bits per heavy atom. The molecule has 0 aliphatic rings. The Balaban J connectivity index is 0.00000300. The third kappa shape index (κ3) is 5.82. The second-order valence-corrected chi connectivity index (χ2v) is 7.34. The number of anilines is 1. The van der Waals surface area contributed by atoms with Gasteiger partial charge in [0.25, 0.3) is 5.91 Å². The van der Waals surface area contributed by atoms with Crippen LogP contribution in [0.25, 0.3) is 10.9 Å². The van der Waals surface area contributed by atoms with Gasteiger partial charge in [-0.15, -0.1) is 12.4 Å². The zero-order valence-electron chi connectivity index (χ0n) is 16.6. The minimum absolute atomic E-state index is 0. The molecule has 0 aliphatic carbocycles. The molecule has 154 valence electrons. The maximum absolute atomic E-state index is 12.5. The summed E-state index contributed by atoms with van der Waals surface area (Å²) in [6.07, 6.45) is 2.31. The van der Waals surface area contributed by atoms with Crippen LogP contribution in [-0.4, -0.2) is 29.4 Å². The van der Waals surface area contributed by atoms with E-state index in [1.807, 2.05) is 44.3 Å². The van der Waals surface area contributed by atoms with Gasteiger partial charge in [0.05, 0.1) is 6.04 Å². The lowest BCUT2D eigenvalue weighted by Gasteiger charge is -2.13. The average Bonchev–Trinajstić information content (AvgIpc) is 3.09. The van der Waals surface area contributed by atoms with Crippen LogP contribution in [0.3, 0.4) is 0 Å². The summed E-state index contributed by atoms with van der Waals surface area (Å²) < 4.78 is 0. The Labute approximate surface area is 176 Å². The van der Waals surface area contributed by atoms with Crippen LogP contribution in [0.2, 0.25) is 0 Å². The summed E-state index contributed by atoms with van der Waals surface area (Å²) in [5, 5.41) is 6.74. The Kier molecular flexibility index (Phi) is 7.82. The molecule has 6 nitrogen and oxygen atoms in total. The zero-order valence-corrected chi connectivity index (χ0v) is 17.4. The van der Waals surface area contributed by atoms with Gasteiger partial charge in [0.1, 0.15) is 0 Å². The molecule has 0 bridgehead atoms. The van der Waals surface area contributed by atoms with Crippen LogP contribution < -0.4 is 16.4 Å². The standard InChI is InChI=1S/C22H26N4O2.ClH/c1-14(2)12-25-21(27)15-6-5-7-17(10-15)26-22(28)19(23)11-16-13-24-20-9-4-3-8-18(16)20;/h3-10,13-14,19,24H,11-12,23H2,1-2H3,(H,25,27)(H,26,28);1H/t19-;/m0./s1. The molecular formula is C22H27ClN4O2. The Morgan fingerprint density at radius 2 is 1.86 bits per heavy atom. The number of hydrogen-bond acceptors (Lipinski definition) is 3. The molecule has 0 saturated heterocycles. The van der Waals surface area contributed by atoms with Gasteiger partial charge in [0.2, 0.25) is 5.91 Å². The van der Waals surface area contributed by atoms with Crippen molar-refractivity contribution in [3.05, 3.63) is 65.9 Å². The van der Waals surface area contributed by atoms with Crippen molar-refractivity contribution in [2.75, 3.05) is 11.9 Å². The maximum Gasteiger partial charge on any atom is 0.251 e. The van der Waals surface area contributed by atoms with Crippen molar-refractivity contribution in [1.29, 1.82) is 0 Å². The number of benzene rings is 2. The van der Waals surface area contributed by atoms with E-state index in [1.165, 1.54) is 0 Å². The molecule has 29 heavy (non-hydrogen) atoms. The van der Waals surface area contributed by atoms with Gasteiger partial charge in [0, 0.05) is 34.9 Å². The molecule has 0 radical (unpaired) electrons. The largest absolute Gasteiger partial charge is 0.361 e. The minimum Gasteiger partial charge on any atom is -0.361 e. The minimum atomic E-state index is -0.697. The topological polar surface area (TPSA) is 100 Å². The molecule has 0 unspecified atom stereocenters. The van der Waals surface area contributed by atoms with Crippen molar-refractivity contribution in [2.45, 2.75) is 26.3 Å². The normalized spacial score (nSPS) is 11.7. The van der Waals surface area contributed by atoms with E-state index in [9.17, 15) is 9.59 Å². The maximum atomic E-state index is 12.5. The van der Waals surface area contributed by atoms with E-state index < -0.39 is 6.04 Å². The summed E-state index contributed by atoms with van der Waals surface area (Å²) in [5.74, 6) is -0.0766. The predicted molar refractivity (Wildman–Crippen MR) is 119 cm³/mol. The van der Waals surface area contributed by atoms with Gasteiger partial charge >= 0.3 is 0 Å². The van der Waals surface area contributed by atoms with Crippen LogP contribution in [0.15, 0.2) is 54.7 Å². The Hall–Kier alpha value is -2.83. The highest BCUT2D eigenvalue weighted by atomic mass is 35.5. The van der Waals surface area contributed by atoms with Gasteiger partial charge in [-0.1, -0.05) is 38.1 Å². The highest BCUT2D eigenvalue weighted by molar-refractivity contribution is 5.98. The number of rotatable bonds is 7. The molecule has 7 heteroatoms. The molecule has 1 aromatic heterocycles. The second kappa shape index (κ2) is 10.1. The number of aromatic nitrogens is 1. The molecule has 2 aromatic carbocycles. The van der Waals surface area contributed by atoms with Crippen LogP contribution in [0, 0.1) is 5.92 Å². The predicted octanol–water partition coefficient (Wildman–Crippen LogP) is 3.48. The fourth-order valence-corrected chi connectivity index (χ4v) is 3.00. The average molecular weight is 415 g/mol. The number of aromatic amines is 1. The van der Waals surface area contributed by atoms with Gasteiger partial charge in [-0.3, -0.25) is 9.59 Å². The number of hydrogen-bond donors (Lipinski definition) is 4. The van der Waals surface area contributed by atoms with Crippen LogP contribution >= 0.6 is 12.4 Å². The van der Waals surface area contributed by atoms with Crippen molar-refractivity contribution in [3.63, 3.8) is 0 Å². The number of H-pyrrole nitrogens is 1. The lowest BCUT2D eigenvalue weighted by molar-refractivity contribution is -0.117. The molecule has 0 aliphatic heterocycles. The smallest absolute Gasteiger partial charge is 0.251 e. The molecule has 1 atom stereocenters. The Morgan fingerprint density at radius 3 is 2.62 bits per heavy atom. The van der Waals surface area contributed by atoms with Gasteiger partial charge in [-0.25, -0.2) is 0 Å². The van der Waals surface area contributed by atoms with Gasteiger partial charge in [0.15, 0.2) is 0 Å². The highest BCUT2D eigenvalue weighted by Crippen LogP contribution is 2.19. The summed E-state index contributed by atoms with van der Waals surface area (Å²) in [6, 6.07) is 14.1. The number of nitrogens with two attached hydrogens (primary N) is 1. The molecule has 1 heterocycles. The summed E-state index contributed by atoms with van der Waals surface area (Å²) in [7, 11) is 0. The monoisotopic (exact) mass is 414 g/mol. The molecule has 5 N–H and O–H groups in total. The van der Waals surface area contributed by atoms with Crippen molar-refractivity contribution < 1.29 is 9.59 Å². The van der Waals surface area contributed by atoms with Crippen LogP contribution in [0.4, 0.5) is 5.69 Å².